The van der Waals surface area contributed by atoms with Crippen molar-refractivity contribution < 1.29 is 9.84 Å². The first-order chi connectivity index (χ1) is 6.13. The van der Waals surface area contributed by atoms with Crippen LogP contribution in [-0.4, -0.2) is 32.0 Å². The maximum atomic E-state index is 9.33. The van der Waals surface area contributed by atoms with Crippen molar-refractivity contribution in [1.82, 2.24) is 0 Å². The second-order valence-electron chi connectivity index (χ2n) is 3.98. The van der Waals surface area contributed by atoms with Crippen LogP contribution in [0.15, 0.2) is 0 Å². The first-order valence-electron chi connectivity index (χ1n) is 4.93. The van der Waals surface area contributed by atoms with Crippen LogP contribution in [0, 0.1) is 11.3 Å². The molecular formula is C10H23NO2. The van der Waals surface area contributed by atoms with Crippen molar-refractivity contribution in [3.8, 4) is 0 Å². The second-order valence-corrected chi connectivity index (χ2v) is 3.98. The van der Waals surface area contributed by atoms with Crippen LogP contribution in [0.2, 0.25) is 0 Å². The highest BCUT2D eigenvalue weighted by atomic mass is 16.5. The van der Waals surface area contributed by atoms with Crippen molar-refractivity contribution in [2.45, 2.75) is 26.7 Å². The number of nitrogens with two attached hydrogens (primary N) is 1. The van der Waals surface area contributed by atoms with Gasteiger partial charge in [-0.15, -0.1) is 0 Å². The number of hydrogen-bond donors (Lipinski definition) is 2. The van der Waals surface area contributed by atoms with Crippen LogP contribution in [0.4, 0.5) is 0 Å². The topological polar surface area (TPSA) is 55.5 Å². The van der Waals surface area contributed by atoms with Crippen LogP contribution in [0.25, 0.3) is 0 Å². The zero-order valence-corrected chi connectivity index (χ0v) is 9.05. The monoisotopic (exact) mass is 189 g/mol. The summed E-state index contributed by atoms with van der Waals surface area (Å²) in [6, 6.07) is 0. The van der Waals surface area contributed by atoms with Gasteiger partial charge in [-0.25, -0.2) is 0 Å². The van der Waals surface area contributed by atoms with Gasteiger partial charge < -0.3 is 15.6 Å². The summed E-state index contributed by atoms with van der Waals surface area (Å²) >= 11 is 0. The second kappa shape index (κ2) is 6.35. The number of hydrogen-bond acceptors (Lipinski definition) is 3. The summed E-state index contributed by atoms with van der Waals surface area (Å²) in [4.78, 5) is 0. The third-order valence-electron chi connectivity index (χ3n) is 2.97. The van der Waals surface area contributed by atoms with E-state index in [0.717, 1.165) is 19.4 Å². The van der Waals surface area contributed by atoms with Gasteiger partial charge in [0.05, 0.1) is 6.61 Å². The number of aliphatic hydroxyl groups is 1. The van der Waals surface area contributed by atoms with E-state index in [1.807, 2.05) is 0 Å². The fraction of sp³-hybridized carbons (Fsp3) is 1.00. The van der Waals surface area contributed by atoms with E-state index in [9.17, 15) is 5.11 Å². The quantitative estimate of drug-likeness (QED) is 0.588. The van der Waals surface area contributed by atoms with Gasteiger partial charge >= 0.3 is 0 Å². The van der Waals surface area contributed by atoms with Crippen LogP contribution in [0.1, 0.15) is 26.7 Å². The predicted octanol–water partition coefficient (Wildman–Crippen LogP) is 1.01. The summed E-state index contributed by atoms with van der Waals surface area (Å²) in [5.41, 5.74) is 5.59. The highest BCUT2D eigenvalue weighted by molar-refractivity contribution is 4.82. The molecule has 0 rings (SSSR count). The van der Waals surface area contributed by atoms with E-state index in [0.29, 0.717) is 12.5 Å². The average molecular weight is 189 g/mol. The minimum Gasteiger partial charge on any atom is -0.396 e. The molecule has 0 fully saturated rings. The van der Waals surface area contributed by atoms with Crippen molar-refractivity contribution in [3.63, 3.8) is 0 Å². The van der Waals surface area contributed by atoms with Crippen LogP contribution in [0.3, 0.4) is 0 Å². The molecule has 0 saturated carbocycles. The standard InChI is InChI=1S/C10H23NO2/c1-9(2)10(7-11,8-12)5-4-6-13-3/h9,12H,4-8,11H2,1-3H3. The molecule has 1 atom stereocenters. The Balaban J connectivity index is 4.06. The van der Waals surface area contributed by atoms with E-state index in [2.05, 4.69) is 13.8 Å². The smallest absolute Gasteiger partial charge is 0.0501 e. The predicted molar refractivity (Wildman–Crippen MR) is 54.5 cm³/mol. The van der Waals surface area contributed by atoms with Gasteiger partial charge in [-0.05, 0) is 18.8 Å². The van der Waals surface area contributed by atoms with Gasteiger partial charge in [0.15, 0.2) is 0 Å². The number of aliphatic hydroxyl groups excluding tert-OH is 1. The molecule has 0 saturated heterocycles. The van der Waals surface area contributed by atoms with Gasteiger partial charge in [-0.1, -0.05) is 13.8 Å². The maximum absolute atomic E-state index is 9.33. The molecule has 0 bridgehead atoms. The highest BCUT2D eigenvalue weighted by Gasteiger charge is 2.30. The molecule has 0 radical (unpaired) electrons. The normalized spacial score (nSPS) is 16.2. The molecule has 0 aromatic carbocycles. The third kappa shape index (κ3) is 3.63. The average Bonchev–Trinajstić information content (AvgIpc) is 2.13. The Morgan fingerprint density at radius 3 is 2.38 bits per heavy atom. The Kier molecular flexibility index (Phi) is 6.29. The molecular weight excluding hydrogens is 166 g/mol. The van der Waals surface area contributed by atoms with Crippen molar-refractivity contribution in [1.29, 1.82) is 0 Å². The molecule has 0 heterocycles. The molecule has 1 unspecified atom stereocenters. The van der Waals surface area contributed by atoms with Gasteiger partial charge in [0, 0.05) is 25.7 Å². The molecule has 80 valence electrons. The van der Waals surface area contributed by atoms with Crippen LogP contribution in [0.5, 0.6) is 0 Å². The largest absolute Gasteiger partial charge is 0.396 e. The molecule has 3 nitrogen and oxygen atoms in total. The molecule has 13 heavy (non-hydrogen) atoms. The summed E-state index contributed by atoms with van der Waals surface area (Å²) in [7, 11) is 1.69. The van der Waals surface area contributed by atoms with Crippen molar-refractivity contribution in [2.24, 2.45) is 17.1 Å². The first kappa shape index (κ1) is 12.9. The van der Waals surface area contributed by atoms with Gasteiger partial charge in [0.1, 0.15) is 0 Å². The summed E-state index contributed by atoms with van der Waals surface area (Å²) in [5, 5.41) is 9.33. The van der Waals surface area contributed by atoms with E-state index >= 15 is 0 Å². The summed E-state index contributed by atoms with van der Waals surface area (Å²) in [5.74, 6) is 0.416. The molecule has 0 aromatic rings. The Bertz CT molecular complexity index is 122. The Morgan fingerprint density at radius 1 is 1.46 bits per heavy atom. The minimum atomic E-state index is -0.113. The molecule has 0 aromatic heterocycles. The summed E-state index contributed by atoms with van der Waals surface area (Å²) in [6.45, 7) is 5.68. The number of rotatable bonds is 7. The lowest BCUT2D eigenvalue weighted by atomic mass is 9.74. The molecule has 0 aliphatic carbocycles. The lowest BCUT2D eigenvalue weighted by Crippen LogP contribution is -2.39. The zero-order chi connectivity index (χ0) is 10.3. The van der Waals surface area contributed by atoms with Gasteiger partial charge in [-0.2, -0.15) is 0 Å². The van der Waals surface area contributed by atoms with E-state index in [1.54, 1.807) is 7.11 Å². The van der Waals surface area contributed by atoms with E-state index in [-0.39, 0.29) is 12.0 Å². The lowest BCUT2D eigenvalue weighted by Gasteiger charge is -2.34. The third-order valence-corrected chi connectivity index (χ3v) is 2.97. The molecule has 0 aliphatic heterocycles. The van der Waals surface area contributed by atoms with Crippen molar-refractivity contribution in [3.05, 3.63) is 0 Å². The highest BCUT2D eigenvalue weighted by Crippen LogP contribution is 2.31. The molecule has 0 aliphatic rings. The van der Waals surface area contributed by atoms with E-state index in [1.165, 1.54) is 0 Å². The summed E-state index contributed by atoms with van der Waals surface area (Å²) < 4.78 is 4.98. The zero-order valence-electron chi connectivity index (χ0n) is 9.05. The van der Waals surface area contributed by atoms with E-state index in [4.69, 9.17) is 10.5 Å². The molecule has 0 spiro atoms. The van der Waals surface area contributed by atoms with E-state index < -0.39 is 0 Å². The van der Waals surface area contributed by atoms with Crippen LogP contribution < -0.4 is 5.73 Å². The maximum Gasteiger partial charge on any atom is 0.0501 e. The minimum absolute atomic E-state index is 0.113. The SMILES string of the molecule is COCCCC(CN)(CO)C(C)C. The fourth-order valence-corrected chi connectivity index (χ4v) is 1.52. The Morgan fingerprint density at radius 2 is 2.08 bits per heavy atom. The van der Waals surface area contributed by atoms with Crippen molar-refractivity contribution in [2.75, 3.05) is 26.9 Å². The van der Waals surface area contributed by atoms with Crippen LogP contribution in [-0.2, 0) is 4.74 Å². The Labute approximate surface area is 81.3 Å². The first-order valence-corrected chi connectivity index (χ1v) is 4.93. The molecule has 3 N–H and O–H groups in total. The molecule has 0 amide bonds. The Hall–Kier alpha value is -0.120. The van der Waals surface area contributed by atoms with Gasteiger partial charge in [0.2, 0.25) is 0 Å². The van der Waals surface area contributed by atoms with Crippen LogP contribution >= 0.6 is 0 Å². The van der Waals surface area contributed by atoms with Gasteiger partial charge in [0.25, 0.3) is 0 Å². The lowest BCUT2D eigenvalue weighted by molar-refractivity contribution is 0.0632. The number of ether oxygens (including phenoxy) is 1. The molecule has 3 heteroatoms. The number of methoxy groups -OCH3 is 1. The van der Waals surface area contributed by atoms with Crippen molar-refractivity contribution >= 4 is 0 Å². The fourth-order valence-electron chi connectivity index (χ4n) is 1.52. The summed E-state index contributed by atoms with van der Waals surface area (Å²) in [6.07, 6.45) is 1.90. The van der Waals surface area contributed by atoms with Gasteiger partial charge in [-0.3, -0.25) is 0 Å².